The molecular weight excluding hydrogens is 558 g/mol. The smallest absolute Gasteiger partial charge is 0.246 e. The number of para-hydroxylation sites is 1. The molecule has 2 aliphatic heterocycles. The van der Waals surface area contributed by atoms with Crippen molar-refractivity contribution < 1.29 is 24.3 Å². The van der Waals surface area contributed by atoms with E-state index in [1.807, 2.05) is 91.1 Å². The summed E-state index contributed by atoms with van der Waals surface area (Å²) >= 11 is 0. The highest BCUT2D eigenvalue weighted by Crippen LogP contribution is 2.23. The first-order valence-corrected chi connectivity index (χ1v) is 14.9. The number of hydrogen-bond donors (Lipinski definition) is 5. The van der Waals surface area contributed by atoms with Crippen LogP contribution in [-0.2, 0) is 38.4 Å². The second-order valence-corrected chi connectivity index (χ2v) is 11.5. The van der Waals surface area contributed by atoms with E-state index in [0.717, 1.165) is 27.6 Å². The number of aromatic nitrogens is 1. The van der Waals surface area contributed by atoms with E-state index in [-0.39, 0.29) is 32.2 Å². The van der Waals surface area contributed by atoms with Crippen LogP contribution >= 0.6 is 0 Å². The largest absolute Gasteiger partial charge is 0.391 e. The minimum absolute atomic E-state index is 0.0342. The van der Waals surface area contributed by atoms with Gasteiger partial charge in [0.2, 0.25) is 23.6 Å². The molecule has 226 valence electrons. The summed E-state index contributed by atoms with van der Waals surface area (Å²) in [6.07, 6.45) is 1.45. The summed E-state index contributed by atoms with van der Waals surface area (Å²) in [5.74, 6) is -2.01. The predicted molar refractivity (Wildman–Crippen MR) is 164 cm³/mol. The maximum Gasteiger partial charge on any atom is 0.246 e. The van der Waals surface area contributed by atoms with Crippen LogP contribution in [0.1, 0.15) is 23.1 Å². The molecule has 6 rings (SSSR count). The van der Waals surface area contributed by atoms with Crippen LogP contribution in [-0.4, -0.2) is 75.4 Å². The summed E-state index contributed by atoms with van der Waals surface area (Å²) in [5.41, 5.74) is 3.36. The number of benzene rings is 3. The molecule has 0 unspecified atom stereocenters. The first-order chi connectivity index (χ1) is 21.4. The summed E-state index contributed by atoms with van der Waals surface area (Å²) in [5, 5.41) is 20.1. The van der Waals surface area contributed by atoms with E-state index in [2.05, 4.69) is 20.9 Å². The monoisotopic (exact) mass is 593 g/mol. The van der Waals surface area contributed by atoms with Gasteiger partial charge in [0.15, 0.2) is 0 Å². The summed E-state index contributed by atoms with van der Waals surface area (Å²) in [7, 11) is 0. The zero-order valence-corrected chi connectivity index (χ0v) is 24.1. The minimum Gasteiger partial charge on any atom is -0.391 e. The van der Waals surface area contributed by atoms with Gasteiger partial charge in [0.1, 0.15) is 24.2 Å². The van der Waals surface area contributed by atoms with E-state index < -0.39 is 53.9 Å². The van der Waals surface area contributed by atoms with Crippen LogP contribution in [0.5, 0.6) is 0 Å². The normalized spacial score (nSPS) is 24.6. The van der Waals surface area contributed by atoms with E-state index in [9.17, 15) is 24.3 Å². The molecule has 3 aromatic carbocycles. The molecule has 5 atom stereocenters. The van der Waals surface area contributed by atoms with E-state index in [1.165, 1.54) is 4.90 Å². The fraction of sp³-hybridized carbons (Fsp3) is 0.294. The van der Waals surface area contributed by atoms with Gasteiger partial charge in [-0.05, 0) is 22.8 Å². The Labute approximate surface area is 254 Å². The summed E-state index contributed by atoms with van der Waals surface area (Å²) < 4.78 is 0. The van der Waals surface area contributed by atoms with Gasteiger partial charge in [0.25, 0.3) is 0 Å². The zero-order chi connectivity index (χ0) is 30.6. The van der Waals surface area contributed by atoms with Gasteiger partial charge in [-0.1, -0.05) is 78.9 Å². The highest BCUT2D eigenvalue weighted by molar-refractivity contribution is 5.98. The van der Waals surface area contributed by atoms with Gasteiger partial charge in [-0.3, -0.25) is 19.2 Å². The number of hydrogen-bond acceptors (Lipinski definition) is 5. The Kier molecular flexibility index (Phi) is 8.42. The average Bonchev–Trinajstić information content (AvgIpc) is 3.63. The number of fused-ring (bicyclic) bond motifs is 2. The van der Waals surface area contributed by atoms with Gasteiger partial charge in [0, 0.05) is 49.3 Å². The van der Waals surface area contributed by atoms with Gasteiger partial charge in [-0.25, -0.2) is 0 Å². The lowest BCUT2D eigenvalue weighted by atomic mass is 9.99. The van der Waals surface area contributed by atoms with Crippen LogP contribution in [0.25, 0.3) is 10.9 Å². The van der Waals surface area contributed by atoms with Crippen LogP contribution in [0.15, 0.2) is 91.1 Å². The highest BCUT2D eigenvalue weighted by Gasteiger charge is 2.43. The number of carbonyl (C=O) groups excluding carboxylic acids is 4. The number of H-pyrrole nitrogens is 1. The Hall–Kier alpha value is -4.96. The van der Waals surface area contributed by atoms with E-state index in [0.29, 0.717) is 0 Å². The molecule has 5 N–H and O–H groups in total. The van der Waals surface area contributed by atoms with Crippen molar-refractivity contribution in [2.45, 2.75) is 56.0 Å². The molecule has 2 saturated heterocycles. The lowest BCUT2D eigenvalue weighted by Gasteiger charge is -2.32. The lowest BCUT2D eigenvalue weighted by Crippen LogP contribution is -2.62. The number of aliphatic hydroxyl groups is 1. The second-order valence-electron chi connectivity index (χ2n) is 11.5. The molecule has 0 bridgehead atoms. The molecule has 3 heterocycles. The third-order valence-corrected chi connectivity index (χ3v) is 8.41. The summed E-state index contributed by atoms with van der Waals surface area (Å²) in [4.78, 5) is 60.2. The molecule has 10 nitrogen and oxygen atoms in total. The maximum absolute atomic E-state index is 14.0. The van der Waals surface area contributed by atoms with Crippen molar-refractivity contribution in [3.05, 3.63) is 108 Å². The quantitative estimate of drug-likeness (QED) is 0.231. The molecule has 4 aromatic rings. The van der Waals surface area contributed by atoms with Crippen LogP contribution in [0.2, 0.25) is 0 Å². The second kappa shape index (κ2) is 12.7. The molecule has 2 fully saturated rings. The molecule has 0 saturated carbocycles. The van der Waals surface area contributed by atoms with Crippen LogP contribution in [0, 0.1) is 0 Å². The molecule has 44 heavy (non-hydrogen) atoms. The minimum atomic E-state index is -1.04. The zero-order valence-electron chi connectivity index (χ0n) is 24.1. The van der Waals surface area contributed by atoms with Crippen LogP contribution in [0.3, 0.4) is 0 Å². The van der Waals surface area contributed by atoms with Crippen molar-refractivity contribution in [1.82, 2.24) is 25.8 Å². The van der Waals surface area contributed by atoms with Crippen molar-refractivity contribution in [3.8, 4) is 0 Å². The van der Waals surface area contributed by atoms with Gasteiger partial charge >= 0.3 is 0 Å². The third kappa shape index (κ3) is 6.35. The number of aromatic amines is 1. The number of amides is 4. The first kappa shape index (κ1) is 29.1. The summed E-state index contributed by atoms with van der Waals surface area (Å²) in [6.45, 7) is -0.0492. The number of carbonyl (C=O) groups is 4. The fourth-order valence-electron chi connectivity index (χ4n) is 6.16. The van der Waals surface area contributed by atoms with Gasteiger partial charge < -0.3 is 30.9 Å². The first-order valence-electron chi connectivity index (χ1n) is 14.9. The Bertz CT molecular complexity index is 1660. The van der Waals surface area contributed by atoms with E-state index >= 15 is 0 Å². The van der Waals surface area contributed by atoms with Crippen molar-refractivity contribution in [3.63, 3.8) is 0 Å². The van der Waals surface area contributed by atoms with Gasteiger partial charge in [-0.15, -0.1) is 0 Å². The number of nitrogens with one attached hydrogen (secondary N) is 4. The molecule has 10 heteroatoms. The number of aliphatic hydroxyl groups excluding tert-OH is 1. The lowest BCUT2D eigenvalue weighted by molar-refractivity contribution is -0.143. The molecule has 0 spiro atoms. The molecule has 1 aromatic heterocycles. The molecule has 2 aliphatic rings. The molecule has 4 amide bonds. The Balaban J connectivity index is 1.37. The van der Waals surface area contributed by atoms with Gasteiger partial charge in [-0.2, -0.15) is 0 Å². The standard InChI is InChI=1S/C34H35N5O5/c40-24-18-30-33(43)37-27(15-21-9-3-1-4-10-21)31(41)36-28(17-23-19-35-26-14-8-7-13-25(23)26)32(42)38-29(34(44)39(30)20-24)16-22-11-5-2-6-12-22/h1-14,19,24,27-30,35,40H,15-18,20H2,(H,36,41)(H,37,43)(H,38,42)/t24-,27+,28+,29+,30-/m1/s1. The highest BCUT2D eigenvalue weighted by atomic mass is 16.3. The van der Waals surface area contributed by atoms with Crippen molar-refractivity contribution in [2.24, 2.45) is 0 Å². The van der Waals surface area contributed by atoms with Crippen LogP contribution in [0.4, 0.5) is 0 Å². The number of rotatable bonds is 6. The van der Waals surface area contributed by atoms with E-state index in [4.69, 9.17) is 0 Å². The maximum atomic E-state index is 14.0. The van der Waals surface area contributed by atoms with Gasteiger partial charge in [0.05, 0.1) is 6.10 Å². The average molecular weight is 594 g/mol. The molecular formula is C34H35N5O5. The topological polar surface area (TPSA) is 144 Å². The fourth-order valence-corrected chi connectivity index (χ4v) is 6.16. The van der Waals surface area contributed by atoms with E-state index in [1.54, 1.807) is 0 Å². The summed E-state index contributed by atoms with van der Waals surface area (Å²) in [6, 6.07) is 22.2. The van der Waals surface area contributed by atoms with Crippen molar-refractivity contribution in [1.29, 1.82) is 0 Å². The third-order valence-electron chi connectivity index (χ3n) is 8.41. The van der Waals surface area contributed by atoms with Crippen molar-refractivity contribution >= 4 is 34.5 Å². The Morgan fingerprint density at radius 2 is 1.20 bits per heavy atom. The predicted octanol–water partition coefficient (Wildman–Crippen LogP) is 1.63. The Morgan fingerprint density at radius 3 is 1.89 bits per heavy atom. The molecule has 0 aliphatic carbocycles. The van der Waals surface area contributed by atoms with Crippen molar-refractivity contribution in [2.75, 3.05) is 6.54 Å². The van der Waals surface area contributed by atoms with Crippen LogP contribution < -0.4 is 16.0 Å². The SMILES string of the molecule is O=C1N[C@@H](Cc2ccccc2)C(=O)N2C[C@H](O)C[C@@H]2C(=O)N[C@@H](Cc2ccccc2)C(=O)N[C@H]1Cc1c[nH]c2ccccc12. The Morgan fingerprint density at radius 1 is 0.659 bits per heavy atom. The number of nitrogens with zero attached hydrogens (tertiary/aromatic N) is 1. The molecule has 0 radical (unpaired) electrons.